The molecule has 0 N–H and O–H groups in total. The number of isocyanates is 1. The fraction of sp³-hybridized carbons (Fsp3) is 0.300. The van der Waals surface area contributed by atoms with E-state index in [1.165, 1.54) is 6.08 Å². The van der Waals surface area contributed by atoms with E-state index in [9.17, 15) is 4.79 Å². The summed E-state index contributed by atoms with van der Waals surface area (Å²) in [6, 6.07) is 4.89. The standard InChI is InChI=1S/C10H10ClNO2/c1-7(2)14-10-4-3-8(12-6-13)5-9(10)11/h3-5,7H,1-2H3. The van der Waals surface area contributed by atoms with Gasteiger partial charge in [-0.25, -0.2) is 4.79 Å². The third-order valence-corrected chi connectivity index (χ3v) is 1.75. The van der Waals surface area contributed by atoms with Crippen molar-refractivity contribution in [2.75, 3.05) is 0 Å². The maximum absolute atomic E-state index is 9.98. The molecule has 0 atom stereocenters. The lowest BCUT2D eigenvalue weighted by Gasteiger charge is -2.10. The molecule has 1 rings (SSSR count). The minimum Gasteiger partial charge on any atom is -0.489 e. The molecule has 14 heavy (non-hydrogen) atoms. The van der Waals surface area contributed by atoms with Crippen LogP contribution < -0.4 is 4.74 Å². The van der Waals surface area contributed by atoms with Crippen molar-refractivity contribution < 1.29 is 9.53 Å². The second-order valence-corrected chi connectivity index (χ2v) is 3.39. The van der Waals surface area contributed by atoms with E-state index in [0.29, 0.717) is 16.5 Å². The number of hydrogen-bond acceptors (Lipinski definition) is 3. The van der Waals surface area contributed by atoms with Crippen molar-refractivity contribution >= 4 is 23.4 Å². The zero-order valence-corrected chi connectivity index (χ0v) is 8.71. The average Bonchev–Trinajstić information content (AvgIpc) is 2.10. The molecule has 0 aliphatic rings. The van der Waals surface area contributed by atoms with Gasteiger partial charge in [0.1, 0.15) is 5.75 Å². The smallest absolute Gasteiger partial charge is 0.240 e. The molecule has 0 bridgehead atoms. The summed E-state index contributed by atoms with van der Waals surface area (Å²) < 4.78 is 5.41. The van der Waals surface area contributed by atoms with E-state index in [1.807, 2.05) is 13.8 Å². The highest BCUT2D eigenvalue weighted by atomic mass is 35.5. The highest BCUT2D eigenvalue weighted by molar-refractivity contribution is 6.32. The fourth-order valence-corrected chi connectivity index (χ4v) is 1.18. The molecule has 0 fully saturated rings. The molecule has 74 valence electrons. The maximum Gasteiger partial charge on any atom is 0.240 e. The van der Waals surface area contributed by atoms with Gasteiger partial charge in [0, 0.05) is 0 Å². The molecule has 0 saturated heterocycles. The van der Waals surface area contributed by atoms with Crippen LogP contribution in [0.1, 0.15) is 13.8 Å². The molecule has 1 aromatic carbocycles. The van der Waals surface area contributed by atoms with Crippen molar-refractivity contribution in [3.05, 3.63) is 23.2 Å². The predicted octanol–water partition coefficient (Wildman–Crippen LogP) is 3.09. The van der Waals surface area contributed by atoms with Crippen LogP contribution in [0.15, 0.2) is 23.2 Å². The second-order valence-electron chi connectivity index (χ2n) is 2.98. The van der Waals surface area contributed by atoms with Gasteiger partial charge in [-0.15, -0.1) is 0 Å². The maximum atomic E-state index is 9.98. The Bertz CT molecular complexity index is 370. The van der Waals surface area contributed by atoms with Gasteiger partial charge in [0.05, 0.1) is 16.8 Å². The predicted molar refractivity (Wildman–Crippen MR) is 55.0 cm³/mol. The Morgan fingerprint density at radius 1 is 1.50 bits per heavy atom. The molecule has 0 aromatic heterocycles. The molecule has 1 aromatic rings. The van der Waals surface area contributed by atoms with Gasteiger partial charge in [0.2, 0.25) is 6.08 Å². The first-order chi connectivity index (χ1) is 6.63. The van der Waals surface area contributed by atoms with Crippen LogP contribution in [0.25, 0.3) is 0 Å². The van der Waals surface area contributed by atoms with Crippen molar-refractivity contribution in [2.45, 2.75) is 20.0 Å². The molecule has 0 saturated carbocycles. The Labute approximate surface area is 87.4 Å². The third-order valence-electron chi connectivity index (χ3n) is 1.45. The molecular formula is C10H10ClNO2. The molecule has 0 radical (unpaired) electrons. The third kappa shape index (κ3) is 2.87. The largest absolute Gasteiger partial charge is 0.489 e. The molecule has 0 unspecified atom stereocenters. The number of halogens is 1. The Kier molecular flexibility index (Phi) is 3.69. The average molecular weight is 212 g/mol. The van der Waals surface area contributed by atoms with Crippen LogP contribution in [-0.2, 0) is 4.79 Å². The zero-order chi connectivity index (χ0) is 10.6. The van der Waals surface area contributed by atoms with Gasteiger partial charge < -0.3 is 4.74 Å². The van der Waals surface area contributed by atoms with E-state index in [0.717, 1.165) is 0 Å². The minimum atomic E-state index is 0.0629. The first-order valence-corrected chi connectivity index (χ1v) is 4.55. The van der Waals surface area contributed by atoms with Crippen LogP contribution in [0, 0.1) is 0 Å². The van der Waals surface area contributed by atoms with Gasteiger partial charge in [0.15, 0.2) is 0 Å². The molecular weight excluding hydrogens is 202 g/mol. The molecule has 0 spiro atoms. The van der Waals surface area contributed by atoms with Gasteiger partial charge in [-0.2, -0.15) is 4.99 Å². The number of nitrogens with zero attached hydrogens (tertiary/aromatic N) is 1. The lowest BCUT2D eigenvalue weighted by Crippen LogP contribution is -2.05. The summed E-state index contributed by atoms with van der Waals surface area (Å²) in [6.45, 7) is 3.82. The van der Waals surface area contributed by atoms with E-state index < -0.39 is 0 Å². The van der Waals surface area contributed by atoms with Gasteiger partial charge >= 0.3 is 0 Å². The number of carbonyl (C=O) groups excluding carboxylic acids is 1. The second kappa shape index (κ2) is 4.80. The topological polar surface area (TPSA) is 38.7 Å². The number of hydrogen-bond donors (Lipinski definition) is 0. The summed E-state index contributed by atoms with van der Waals surface area (Å²) in [5.41, 5.74) is 0.473. The zero-order valence-electron chi connectivity index (χ0n) is 7.95. The van der Waals surface area contributed by atoms with Crippen LogP contribution in [0.3, 0.4) is 0 Å². The van der Waals surface area contributed by atoms with E-state index >= 15 is 0 Å². The number of aliphatic imine (C=N–C) groups is 1. The van der Waals surface area contributed by atoms with Crippen molar-refractivity contribution in [1.29, 1.82) is 0 Å². The molecule has 0 aliphatic heterocycles. The van der Waals surface area contributed by atoms with Gasteiger partial charge in [-0.3, -0.25) is 0 Å². The van der Waals surface area contributed by atoms with Crippen molar-refractivity contribution in [1.82, 2.24) is 0 Å². The SMILES string of the molecule is CC(C)Oc1ccc(N=C=O)cc1Cl. The Morgan fingerprint density at radius 2 is 2.21 bits per heavy atom. The van der Waals surface area contributed by atoms with Crippen LogP contribution in [0.5, 0.6) is 5.75 Å². The van der Waals surface area contributed by atoms with Crippen LogP contribution in [0.2, 0.25) is 5.02 Å². The van der Waals surface area contributed by atoms with Crippen molar-refractivity contribution in [3.8, 4) is 5.75 Å². The van der Waals surface area contributed by atoms with Crippen LogP contribution in [-0.4, -0.2) is 12.2 Å². The van der Waals surface area contributed by atoms with E-state index in [4.69, 9.17) is 16.3 Å². The Balaban J connectivity index is 2.95. The van der Waals surface area contributed by atoms with Crippen molar-refractivity contribution in [3.63, 3.8) is 0 Å². The van der Waals surface area contributed by atoms with Crippen molar-refractivity contribution in [2.24, 2.45) is 4.99 Å². The summed E-state index contributed by atoms with van der Waals surface area (Å²) in [4.78, 5) is 13.4. The van der Waals surface area contributed by atoms with Gasteiger partial charge in [-0.05, 0) is 32.0 Å². The molecule has 0 aliphatic carbocycles. The number of benzene rings is 1. The molecule has 4 heteroatoms. The van der Waals surface area contributed by atoms with Crippen LogP contribution in [0.4, 0.5) is 5.69 Å². The molecule has 0 amide bonds. The summed E-state index contributed by atoms with van der Waals surface area (Å²) in [5.74, 6) is 0.589. The lowest BCUT2D eigenvalue weighted by atomic mass is 10.3. The Morgan fingerprint density at radius 3 is 2.71 bits per heavy atom. The first kappa shape index (κ1) is 10.8. The number of rotatable bonds is 3. The summed E-state index contributed by atoms with van der Waals surface area (Å²) in [7, 11) is 0. The highest BCUT2D eigenvalue weighted by Gasteiger charge is 2.04. The minimum absolute atomic E-state index is 0.0629. The van der Waals surface area contributed by atoms with E-state index in [2.05, 4.69) is 4.99 Å². The van der Waals surface area contributed by atoms with E-state index in [1.54, 1.807) is 18.2 Å². The summed E-state index contributed by atoms with van der Waals surface area (Å²) in [6.07, 6.45) is 1.51. The summed E-state index contributed by atoms with van der Waals surface area (Å²) in [5, 5.41) is 0.440. The monoisotopic (exact) mass is 211 g/mol. The molecule has 0 heterocycles. The van der Waals surface area contributed by atoms with E-state index in [-0.39, 0.29) is 6.10 Å². The molecule has 3 nitrogen and oxygen atoms in total. The summed E-state index contributed by atoms with van der Waals surface area (Å²) >= 11 is 5.89. The highest BCUT2D eigenvalue weighted by Crippen LogP contribution is 2.29. The Hall–Kier alpha value is -1.31. The quantitative estimate of drug-likeness (QED) is 0.569. The van der Waals surface area contributed by atoms with Gasteiger partial charge in [-0.1, -0.05) is 11.6 Å². The number of ether oxygens (including phenoxy) is 1. The lowest BCUT2D eigenvalue weighted by molar-refractivity contribution is 0.242. The fourth-order valence-electron chi connectivity index (χ4n) is 0.962. The first-order valence-electron chi connectivity index (χ1n) is 4.17. The normalized spacial score (nSPS) is 9.71. The van der Waals surface area contributed by atoms with Gasteiger partial charge in [0.25, 0.3) is 0 Å². The van der Waals surface area contributed by atoms with Crippen LogP contribution >= 0.6 is 11.6 Å².